The number of nitrogens with zero attached hydrogens (tertiary/aromatic N) is 1. The van der Waals surface area contributed by atoms with Gasteiger partial charge in [0, 0.05) is 13.5 Å². The first kappa shape index (κ1) is 15.1. The molecule has 118 valence electrons. The maximum absolute atomic E-state index is 12.5. The summed E-state index contributed by atoms with van der Waals surface area (Å²) in [5, 5.41) is 0. The number of ether oxygens (including phenoxy) is 1. The first-order chi connectivity index (χ1) is 11.1. The standard InChI is InChI=1S/C18H18N2O3/c1-20-17-12(10-13(18(20)22)11-16(19)21)6-5-9-15(17)23-14-7-3-2-4-8-14/h2-9,13H,10-11H2,1H3,(H2,19,21). The Morgan fingerprint density at radius 2 is 1.96 bits per heavy atom. The molecule has 1 aliphatic rings. The third-order valence-corrected chi connectivity index (χ3v) is 3.98. The number of benzene rings is 2. The molecule has 1 heterocycles. The zero-order chi connectivity index (χ0) is 16.4. The van der Waals surface area contributed by atoms with E-state index in [0.717, 1.165) is 11.3 Å². The van der Waals surface area contributed by atoms with Crippen LogP contribution >= 0.6 is 0 Å². The number of carbonyl (C=O) groups is 2. The molecular weight excluding hydrogens is 292 g/mol. The third-order valence-electron chi connectivity index (χ3n) is 3.98. The first-order valence-corrected chi connectivity index (χ1v) is 7.47. The van der Waals surface area contributed by atoms with Crippen LogP contribution in [-0.2, 0) is 16.0 Å². The lowest BCUT2D eigenvalue weighted by molar-refractivity contribution is -0.127. The van der Waals surface area contributed by atoms with E-state index in [1.54, 1.807) is 11.9 Å². The minimum atomic E-state index is -0.461. The summed E-state index contributed by atoms with van der Waals surface area (Å²) in [5.41, 5.74) is 6.98. The summed E-state index contributed by atoms with van der Waals surface area (Å²) in [6, 6.07) is 15.1. The fraction of sp³-hybridized carbons (Fsp3) is 0.222. The fourth-order valence-corrected chi connectivity index (χ4v) is 2.95. The van der Waals surface area contributed by atoms with Crippen LogP contribution in [0, 0.1) is 5.92 Å². The van der Waals surface area contributed by atoms with Crippen molar-refractivity contribution in [2.24, 2.45) is 11.7 Å². The molecule has 0 saturated heterocycles. The van der Waals surface area contributed by atoms with Crippen molar-refractivity contribution < 1.29 is 14.3 Å². The minimum Gasteiger partial charge on any atom is -0.455 e. The van der Waals surface area contributed by atoms with E-state index < -0.39 is 11.8 Å². The van der Waals surface area contributed by atoms with Gasteiger partial charge in [0.1, 0.15) is 5.75 Å². The van der Waals surface area contributed by atoms with Crippen molar-refractivity contribution in [1.82, 2.24) is 0 Å². The smallest absolute Gasteiger partial charge is 0.230 e. The molecule has 3 rings (SSSR count). The molecule has 5 nitrogen and oxygen atoms in total. The van der Waals surface area contributed by atoms with Crippen LogP contribution in [0.5, 0.6) is 11.5 Å². The molecule has 23 heavy (non-hydrogen) atoms. The molecule has 0 aliphatic carbocycles. The number of anilines is 1. The van der Waals surface area contributed by atoms with Crippen LogP contribution in [0.4, 0.5) is 5.69 Å². The van der Waals surface area contributed by atoms with E-state index in [0.29, 0.717) is 17.9 Å². The summed E-state index contributed by atoms with van der Waals surface area (Å²) >= 11 is 0. The highest BCUT2D eigenvalue weighted by molar-refractivity contribution is 6.00. The van der Waals surface area contributed by atoms with Gasteiger partial charge in [0.2, 0.25) is 11.8 Å². The average molecular weight is 310 g/mol. The number of carbonyl (C=O) groups excluding carboxylic acids is 2. The quantitative estimate of drug-likeness (QED) is 0.943. The van der Waals surface area contributed by atoms with Gasteiger partial charge in [-0.2, -0.15) is 0 Å². The van der Waals surface area contributed by atoms with Crippen LogP contribution in [0.2, 0.25) is 0 Å². The van der Waals surface area contributed by atoms with E-state index in [-0.39, 0.29) is 12.3 Å². The van der Waals surface area contributed by atoms with Crippen molar-refractivity contribution in [3.8, 4) is 11.5 Å². The van der Waals surface area contributed by atoms with Gasteiger partial charge in [0.05, 0.1) is 11.6 Å². The second-order valence-electron chi connectivity index (χ2n) is 5.65. The van der Waals surface area contributed by atoms with E-state index in [1.807, 2.05) is 48.5 Å². The maximum Gasteiger partial charge on any atom is 0.230 e. The zero-order valence-electron chi connectivity index (χ0n) is 12.9. The molecular formula is C18H18N2O3. The van der Waals surface area contributed by atoms with E-state index in [2.05, 4.69) is 0 Å². The van der Waals surface area contributed by atoms with Crippen LogP contribution in [-0.4, -0.2) is 18.9 Å². The number of para-hydroxylation sites is 2. The Hall–Kier alpha value is -2.82. The lowest BCUT2D eigenvalue weighted by Crippen LogP contribution is -2.40. The molecule has 0 saturated carbocycles. The van der Waals surface area contributed by atoms with E-state index in [1.165, 1.54) is 0 Å². The molecule has 2 aromatic carbocycles. The topological polar surface area (TPSA) is 72.6 Å². The fourth-order valence-electron chi connectivity index (χ4n) is 2.95. The van der Waals surface area contributed by atoms with Crippen molar-refractivity contribution in [2.75, 3.05) is 11.9 Å². The Morgan fingerprint density at radius 1 is 1.22 bits per heavy atom. The number of hydrogen-bond acceptors (Lipinski definition) is 3. The summed E-state index contributed by atoms with van der Waals surface area (Å²) < 4.78 is 5.93. The molecule has 0 bridgehead atoms. The number of fused-ring (bicyclic) bond motifs is 1. The predicted molar refractivity (Wildman–Crippen MR) is 87.4 cm³/mol. The number of hydrogen-bond donors (Lipinski definition) is 1. The Labute approximate surface area is 134 Å². The monoisotopic (exact) mass is 310 g/mol. The molecule has 1 atom stereocenters. The molecule has 1 aliphatic heterocycles. The lowest BCUT2D eigenvalue weighted by Gasteiger charge is -2.32. The van der Waals surface area contributed by atoms with Crippen LogP contribution in [0.25, 0.3) is 0 Å². The van der Waals surface area contributed by atoms with Crippen molar-refractivity contribution in [3.63, 3.8) is 0 Å². The summed E-state index contributed by atoms with van der Waals surface area (Å²) in [6.07, 6.45) is 0.555. The van der Waals surface area contributed by atoms with Crippen molar-refractivity contribution in [1.29, 1.82) is 0 Å². The Kier molecular flexibility index (Phi) is 4.02. The summed E-state index contributed by atoms with van der Waals surface area (Å²) in [4.78, 5) is 25.2. The summed E-state index contributed by atoms with van der Waals surface area (Å²) in [7, 11) is 1.70. The second-order valence-corrected chi connectivity index (χ2v) is 5.65. The number of rotatable bonds is 4. The Bertz CT molecular complexity index is 743. The second kappa shape index (κ2) is 6.12. The predicted octanol–water partition coefficient (Wildman–Crippen LogP) is 2.49. The van der Waals surface area contributed by atoms with Gasteiger partial charge in [-0.3, -0.25) is 9.59 Å². The third kappa shape index (κ3) is 3.04. The number of nitrogens with two attached hydrogens (primary N) is 1. The minimum absolute atomic E-state index is 0.0619. The highest BCUT2D eigenvalue weighted by atomic mass is 16.5. The molecule has 5 heteroatoms. The molecule has 0 radical (unpaired) electrons. The van der Waals surface area contributed by atoms with Gasteiger partial charge in [-0.05, 0) is 30.2 Å². The van der Waals surface area contributed by atoms with Crippen molar-refractivity contribution >= 4 is 17.5 Å². The van der Waals surface area contributed by atoms with E-state index in [4.69, 9.17) is 10.5 Å². The highest BCUT2D eigenvalue weighted by Gasteiger charge is 2.33. The van der Waals surface area contributed by atoms with E-state index >= 15 is 0 Å². The number of primary amides is 1. The zero-order valence-corrected chi connectivity index (χ0v) is 12.9. The summed E-state index contributed by atoms with van der Waals surface area (Å²) in [5.74, 6) is 0.359. The molecule has 2 aromatic rings. The molecule has 2 amide bonds. The van der Waals surface area contributed by atoms with Gasteiger partial charge in [0.15, 0.2) is 5.75 Å². The van der Waals surface area contributed by atoms with Gasteiger partial charge >= 0.3 is 0 Å². The molecule has 2 N–H and O–H groups in total. The Balaban J connectivity index is 1.95. The van der Waals surface area contributed by atoms with Crippen LogP contribution in [0.1, 0.15) is 12.0 Å². The number of amides is 2. The summed E-state index contributed by atoms with van der Waals surface area (Å²) in [6.45, 7) is 0. The normalized spacial score (nSPS) is 16.8. The molecule has 1 unspecified atom stereocenters. The van der Waals surface area contributed by atoms with Crippen LogP contribution in [0.3, 0.4) is 0 Å². The van der Waals surface area contributed by atoms with Gasteiger partial charge in [0.25, 0.3) is 0 Å². The SMILES string of the molecule is CN1C(=O)C(CC(N)=O)Cc2cccc(Oc3ccccc3)c21. The average Bonchev–Trinajstić information content (AvgIpc) is 2.53. The van der Waals surface area contributed by atoms with Gasteiger partial charge in [-0.15, -0.1) is 0 Å². The Morgan fingerprint density at radius 3 is 2.65 bits per heavy atom. The van der Waals surface area contributed by atoms with Gasteiger partial charge in [-0.25, -0.2) is 0 Å². The van der Waals surface area contributed by atoms with Crippen LogP contribution < -0.4 is 15.4 Å². The van der Waals surface area contributed by atoms with E-state index in [9.17, 15) is 9.59 Å². The lowest BCUT2D eigenvalue weighted by atomic mass is 9.89. The maximum atomic E-state index is 12.5. The first-order valence-electron chi connectivity index (χ1n) is 7.47. The van der Waals surface area contributed by atoms with Crippen LogP contribution in [0.15, 0.2) is 48.5 Å². The molecule has 0 aromatic heterocycles. The highest BCUT2D eigenvalue weighted by Crippen LogP contribution is 2.40. The van der Waals surface area contributed by atoms with Gasteiger partial charge in [-0.1, -0.05) is 30.3 Å². The van der Waals surface area contributed by atoms with Crippen molar-refractivity contribution in [2.45, 2.75) is 12.8 Å². The largest absolute Gasteiger partial charge is 0.455 e. The molecule has 0 fully saturated rings. The molecule has 0 spiro atoms. The van der Waals surface area contributed by atoms with Gasteiger partial charge < -0.3 is 15.4 Å². The van der Waals surface area contributed by atoms with Crippen molar-refractivity contribution in [3.05, 3.63) is 54.1 Å².